The first-order chi connectivity index (χ1) is 21.9. The van der Waals surface area contributed by atoms with E-state index in [9.17, 15) is 34.6 Å². The summed E-state index contributed by atoms with van der Waals surface area (Å²) in [5.41, 5.74) is 0.518. The third kappa shape index (κ3) is 9.61. The van der Waals surface area contributed by atoms with Crippen LogP contribution in [0.3, 0.4) is 0 Å². The van der Waals surface area contributed by atoms with Gasteiger partial charge in [0.25, 0.3) is 11.4 Å². The molecule has 2 aromatic carbocycles. The Labute approximate surface area is 273 Å². The number of carbonyl (C=O) groups excluding carboxylic acids is 3. The van der Waals surface area contributed by atoms with Gasteiger partial charge in [-0.05, 0) is 50.2 Å². The minimum Gasteiger partial charge on any atom is -0.543 e. The van der Waals surface area contributed by atoms with Crippen molar-refractivity contribution in [3.8, 4) is 11.5 Å². The lowest BCUT2D eigenvalue weighted by atomic mass is 9.98. The van der Waals surface area contributed by atoms with Crippen LogP contribution < -0.4 is 9.47 Å². The lowest BCUT2D eigenvalue weighted by molar-refractivity contribution is -0.385. The number of ether oxygens (including phenoxy) is 4. The van der Waals surface area contributed by atoms with E-state index in [0.29, 0.717) is 23.7 Å². The Morgan fingerprint density at radius 1 is 0.872 bits per heavy atom. The maximum absolute atomic E-state index is 12.0. The van der Waals surface area contributed by atoms with Crippen LogP contribution in [-0.2, 0) is 23.5 Å². The molecule has 2 aromatic rings. The fourth-order valence-electron chi connectivity index (χ4n) is 4.39. The van der Waals surface area contributed by atoms with E-state index in [1.54, 1.807) is 26.0 Å². The van der Waals surface area contributed by atoms with Crippen LogP contribution in [0.5, 0.6) is 11.5 Å². The number of nitrogens with zero attached hydrogens (tertiary/aromatic N) is 2. The molecule has 0 aliphatic carbocycles. The number of esters is 2. The third-order valence-electron chi connectivity index (χ3n) is 7.78. The first-order valence-electron chi connectivity index (χ1n) is 15.1. The first-order valence-corrected chi connectivity index (χ1v) is 18.0. The maximum Gasteiger partial charge on any atom is 0.309 e. The van der Waals surface area contributed by atoms with E-state index in [4.69, 9.17) is 23.4 Å². The molecule has 0 amide bonds. The van der Waals surface area contributed by atoms with E-state index in [0.717, 1.165) is 0 Å². The van der Waals surface area contributed by atoms with Gasteiger partial charge >= 0.3 is 11.9 Å². The Balaban J connectivity index is 0.000000267. The van der Waals surface area contributed by atoms with Crippen molar-refractivity contribution in [1.29, 1.82) is 0 Å². The van der Waals surface area contributed by atoms with Crippen molar-refractivity contribution < 1.29 is 47.6 Å². The smallest absolute Gasteiger partial charge is 0.309 e. The number of hydrogen-bond donors (Lipinski definition) is 0. The molecule has 2 heterocycles. The number of benzene rings is 2. The second-order valence-corrected chi connectivity index (χ2v) is 17.0. The molecule has 2 unspecified atom stereocenters. The summed E-state index contributed by atoms with van der Waals surface area (Å²) >= 11 is 0. The Hall–Kier alpha value is -4.79. The van der Waals surface area contributed by atoms with Crippen LogP contribution in [0.4, 0.5) is 11.4 Å². The van der Waals surface area contributed by atoms with Gasteiger partial charge in [0.2, 0.25) is 8.32 Å². The normalized spacial score (nSPS) is 16.8. The Morgan fingerprint density at radius 2 is 1.38 bits per heavy atom. The molecule has 0 aromatic heterocycles. The summed E-state index contributed by atoms with van der Waals surface area (Å²) in [5.74, 6) is 0.184. The van der Waals surface area contributed by atoms with E-state index in [2.05, 4.69) is 33.9 Å². The quantitative estimate of drug-likeness (QED) is 0.115. The lowest BCUT2D eigenvalue weighted by Crippen LogP contribution is -2.40. The van der Waals surface area contributed by atoms with Gasteiger partial charge in [-0.25, -0.2) is 0 Å². The molecule has 0 bridgehead atoms. The monoisotopic (exact) mass is 672 g/mol. The average Bonchev–Trinajstić information content (AvgIpc) is 2.96. The molecule has 4 rings (SSSR count). The zero-order valence-electron chi connectivity index (χ0n) is 27.5. The van der Waals surface area contributed by atoms with Crippen LogP contribution in [0.2, 0.25) is 18.1 Å². The summed E-state index contributed by atoms with van der Waals surface area (Å²) in [7, 11) is -2.20. The van der Waals surface area contributed by atoms with Crippen LogP contribution in [0.15, 0.2) is 42.5 Å². The van der Waals surface area contributed by atoms with Crippen LogP contribution in [-0.4, -0.2) is 61.3 Å². The summed E-state index contributed by atoms with van der Waals surface area (Å²) in [5, 5.41) is 21.8. The highest BCUT2D eigenvalue weighted by Gasteiger charge is 2.41. The zero-order valence-corrected chi connectivity index (χ0v) is 28.5. The highest BCUT2D eigenvalue weighted by atomic mass is 28.4. The molecule has 0 N–H and O–H groups in total. The van der Waals surface area contributed by atoms with Crippen molar-refractivity contribution in [2.24, 2.45) is 0 Å². The standard InChI is InChI=1S/C19H27NO6Si.C13H13NO6/c1-7-24-18(21)12-14-11-17(26-27(5,6)19(2,3)4)15-10-13(20(22)23)8-9-16(15)25-14;1-2-19-13(16)7-9-6-11(15)10-5-8(14(17)18)3-4-12(10)20-9/h8-11,14H,7,12H2,1-6H3;3-5,9H,2,6-7H2,1H3. The van der Waals surface area contributed by atoms with E-state index >= 15 is 0 Å². The van der Waals surface area contributed by atoms with Crippen LogP contribution in [0, 0.1) is 20.2 Å². The molecular formula is C32H40N2O12Si. The van der Waals surface area contributed by atoms with Gasteiger partial charge in [-0.2, -0.15) is 0 Å². The number of nitro groups is 2. The summed E-state index contributed by atoms with van der Waals surface area (Å²) in [4.78, 5) is 56.0. The Kier molecular flexibility index (Phi) is 11.9. The SMILES string of the molecule is CCOC(=O)CC1C=C(O[Si](C)(C)C(C)(C)C)c2cc([N+](=O)[O-])ccc2O1.CCOC(=O)CC1CC(=O)c2cc([N+](=O)[O-])ccc2O1. The highest BCUT2D eigenvalue weighted by molar-refractivity contribution is 6.74. The predicted molar refractivity (Wildman–Crippen MR) is 173 cm³/mol. The minimum atomic E-state index is -2.20. The van der Waals surface area contributed by atoms with E-state index in [-0.39, 0.29) is 65.3 Å². The fraction of sp³-hybridized carbons (Fsp3) is 0.469. The first kappa shape index (κ1) is 36.7. The Bertz CT molecular complexity index is 1560. The van der Waals surface area contributed by atoms with E-state index < -0.39 is 36.3 Å². The lowest BCUT2D eigenvalue weighted by Gasteiger charge is -2.38. The zero-order chi connectivity index (χ0) is 35.1. The number of carbonyl (C=O) groups is 3. The summed E-state index contributed by atoms with van der Waals surface area (Å²) in [6.45, 7) is 14.5. The number of non-ortho nitro benzene ring substituents is 2. The molecule has 2 aliphatic heterocycles. The van der Waals surface area contributed by atoms with Gasteiger partial charge in [-0.1, -0.05) is 20.8 Å². The van der Waals surface area contributed by atoms with Gasteiger partial charge in [0, 0.05) is 30.7 Å². The number of nitro benzene ring substituents is 2. The number of fused-ring (bicyclic) bond motifs is 2. The second kappa shape index (κ2) is 15.2. The van der Waals surface area contributed by atoms with Gasteiger partial charge in [0.15, 0.2) is 5.78 Å². The molecule has 254 valence electrons. The molecule has 0 spiro atoms. The van der Waals surface area contributed by atoms with Gasteiger partial charge in [-0.15, -0.1) is 0 Å². The summed E-state index contributed by atoms with van der Waals surface area (Å²) in [6, 6.07) is 8.22. The molecule has 2 atom stereocenters. The van der Waals surface area contributed by atoms with Crippen LogP contribution >= 0.6 is 0 Å². The van der Waals surface area contributed by atoms with Gasteiger partial charge in [0.05, 0.1) is 47.0 Å². The molecule has 0 saturated heterocycles. The summed E-state index contributed by atoms with van der Waals surface area (Å²) in [6.07, 6.45) is 0.634. The Morgan fingerprint density at radius 3 is 1.89 bits per heavy atom. The number of ketones is 1. The van der Waals surface area contributed by atoms with Crippen LogP contribution in [0.1, 0.15) is 69.8 Å². The van der Waals surface area contributed by atoms with Crippen molar-refractivity contribution in [3.63, 3.8) is 0 Å². The number of hydrogen-bond acceptors (Lipinski definition) is 12. The molecule has 0 radical (unpaired) electrons. The van der Waals surface area contributed by atoms with Crippen molar-refractivity contribution in [2.45, 2.75) is 84.2 Å². The number of Topliss-reactive ketones (excluding diaryl/α,β-unsaturated/α-hetero) is 1. The van der Waals surface area contributed by atoms with Gasteiger partial charge in [-0.3, -0.25) is 34.6 Å². The average molecular weight is 673 g/mol. The molecule has 0 fully saturated rings. The fourth-order valence-corrected chi connectivity index (χ4v) is 5.43. The van der Waals surface area contributed by atoms with Gasteiger partial charge in [0.1, 0.15) is 29.5 Å². The number of rotatable bonds is 10. The van der Waals surface area contributed by atoms with Crippen molar-refractivity contribution in [3.05, 3.63) is 73.8 Å². The molecule has 15 heteroatoms. The van der Waals surface area contributed by atoms with Crippen molar-refractivity contribution in [1.82, 2.24) is 0 Å². The predicted octanol–water partition coefficient (Wildman–Crippen LogP) is 6.55. The molecule has 0 saturated carbocycles. The molecule has 14 nitrogen and oxygen atoms in total. The second-order valence-electron chi connectivity index (χ2n) is 12.3. The minimum absolute atomic E-state index is 0.00693. The topological polar surface area (TPSA) is 184 Å². The van der Waals surface area contributed by atoms with Crippen molar-refractivity contribution in [2.75, 3.05) is 13.2 Å². The van der Waals surface area contributed by atoms with Gasteiger partial charge < -0.3 is 23.4 Å². The summed E-state index contributed by atoms with van der Waals surface area (Å²) < 4.78 is 27.6. The van der Waals surface area contributed by atoms with E-state index in [1.807, 2.05) is 0 Å². The third-order valence-corrected chi connectivity index (χ3v) is 12.1. The van der Waals surface area contributed by atoms with Crippen molar-refractivity contribution >= 4 is 43.2 Å². The van der Waals surface area contributed by atoms with Crippen LogP contribution in [0.25, 0.3) is 5.76 Å². The maximum atomic E-state index is 12.0. The van der Waals surface area contributed by atoms with E-state index in [1.165, 1.54) is 30.3 Å². The highest BCUT2D eigenvalue weighted by Crippen LogP contribution is 2.43. The largest absolute Gasteiger partial charge is 0.543 e. The molecular weight excluding hydrogens is 632 g/mol. The molecule has 47 heavy (non-hydrogen) atoms. The molecule has 2 aliphatic rings.